The highest BCUT2D eigenvalue weighted by Gasteiger charge is 2.31. The second-order valence-corrected chi connectivity index (χ2v) is 7.67. The maximum absolute atomic E-state index is 13.7. The molecule has 0 unspecified atom stereocenters. The lowest BCUT2D eigenvalue weighted by molar-refractivity contribution is 0.262. The zero-order valence-corrected chi connectivity index (χ0v) is 13.4. The van der Waals surface area contributed by atoms with Crippen LogP contribution >= 0.6 is 0 Å². The van der Waals surface area contributed by atoms with E-state index in [4.69, 9.17) is 5.73 Å². The van der Waals surface area contributed by atoms with E-state index < -0.39 is 15.8 Å². The van der Waals surface area contributed by atoms with Gasteiger partial charge in [0, 0.05) is 24.3 Å². The minimum atomic E-state index is -3.66. The molecule has 118 valence electrons. The maximum atomic E-state index is 13.7. The van der Waals surface area contributed by atoms with Crippen LogP contribution in [0.2, 0.25) is 0 Å². The fourth-order valence-electron chi connectivity index (χ4n) is 2.93. The van der Waals surface area contributed by atoms with E-state index in [1.807, 2.05) is 0 Å². The van der Waals surface area contributed by atoms with Crippen molar-refractivity contribution in [3.63, 3.8) is 0 Å². The topological polar surface area (TPSA) is 63.4 Å². The van der Waals surface area contributed by atoms with Crippen molar-refractivity contribution in [2.75, 3.05) is 18.8 Å². The Morgan fingerprint density at radius 3 is 2.52 bits per heavy atom. The lowest BCUT2D eigenvalue weighted by Gasteiger charge is -2.31. The fourth-order valence-corrected chi connectivity index (χ4v) is 4.67. The highest BCUT2D eigenvalue weighted by Crippen LogP contribution is 2.29. The third-order valence-electron chi connectivity index (χ3n) is 4.21. The number of nitrogen functional groups attached to an aromatic ring is 1. The monoisotopic (exact) mass is 314 g/mol. The normalized spacial score (nSPS) is 18.0. The Morgan fingerprint density at radius 2 is 1.95 bits per heavy atom. The standard InChI is InChI=1S/C15H23FN2O2S/c1-3-4-12-5-7-18(8-6-12)21(19,20)15-10-13(17)9-14(16)11(15)2/h9-10,12H,3-8,17H2,1-2H3. The van der Waals surface area contributed by atoms with Crippen LogP contribution < -0.4 is 5.73 Å². The van der Waals surface area contributed by atoms with Gasteiger partial charge in [0.1, 0.15) is 5.82 Å². The van der Waals surface area contributed by atoms with E-state index in [0.717, 1.165) is 31.7 Å². The van der Waals surface area contributed by atoms with Crippen LogP contribution in [0.5, 0.6) is 0 Å². The Hall–Kier alpha value is -1.14. The first-order valence-corrected chi connectivity index (χ1v) is 8.86. The smallest absolute Gasteiger partial charge is 0.243 e. The lowest BCUT2D eigenvalue weighted by atomic mass is 9.94. The van der Waals surface area contributed by atoms with Gasteiger partial charge in [-0.05, 0) is 37.8 Å². The minimum Gasteiger partial charge on any atom is -0.399 e. The molecule has 2 rings (SSSR count). The first-order chi connectivity index (χ1) is 9.86. The number of sulfonamides is 1. The molecule has 0 atom stereocenters. The molecule has 2 N–H and O–H groups in total. The molecule has 21 heavy (non-hydrogen) atoms. The maximum Gasteiger partial charge on any atom is 0.243 e. The van der Waals surface area contributed by atoms with Gasteiger partial charge in [-0.25, -0.2) is 12.8 Å². The average molecular weight is 314 g/mol. The molecule has 6 heteroatoms. The number of rotatable bonds is 4. The van der Waals surface area contributed by atoms with Crippen molar-refractivity contribution in [3.05, 3.63) is 23.5 Å². The summed E-state index contributed by atoms with van der Waals surface area (Å²) in [5.74, 6) is 0.0227. The van der Waals surface area contributed by atoms with Crippen LogP contribution in [0.15, 0.2) is 17.0 Å². The second kappa shape index (κ2) is 6.32. The average Bonchev–Trinajstić information content (AvgIpc) is 2.43. The molecule has 0 aliphatic carbocycles. The van der Waals surface area contributed by atoms with E-state index in [2.05, 4.69) is 6.92 Å². The molecule has 1 aromatic rings. The molecule has 1 heterocycles. The van der Waals surface area contributed by atoms with E-state index in [-0.39, 0.29) is 16.1 Å². The summed E-state index contributed by atoms with van der Waals surface area (Å²) in [6.45, 7) is 4.62. The van der Waals surface area contributed by atoms with Gasteiger partial charge in [0.25, 0.3) is 0 Å². The Labute approximate surface area is 126 Å². The number of hydrogen-bond acceptors (Lipinski definition) is 3. The number of nitrogens with two attached hydrogens (primary N) is 1. The molecule has 4 nitrogen and oxygen atoms in total. The summed E-state index contributed by atoms with van der Waals surface area (Å²) in [7, 11) is -3.66. The molecule has 1 fully saturated rings. The van der Waals surface area contributed by atoms with E-state index in [1.165, 1.54) is 17.3 Å². The van der Waals surface area contributed by atoms with Crippen molar-refractivity contribution in [1.82, 2.24) is 4.31 Å². The molecule has 1 saturated heterocycles. The number of anilines is 1. The van der Waals surface area contributed by atoms with Gasteiger partial charge in [0.15, 0.2) is 0 Å². The first-order valence-electron chi connectivity index (χ1n) is 7.42. The predicted octanol–water partition coefficient (Wildman–Crippen LogP) is 2.92. The molecule has 1 aliphatic rings. The zero-order valence-electron chi connectivity index (χ0n) is 12.6. The van der Waals surface area contributed by atoms with Crippen LogP contribution in [-0.2, 0) is 10.0 Å². The Balaban J connectivity index is 2.24. The van der Waals surface area contributed by atoms with Crippen LogP contribution in [0, 0.1) is 18.7 Å². The largest absolute Gasteiger partial charge is 0.399 e. The zero-order chi connectivity index (χ0) is 15.6. The van der Waals surface area contributed by atoms with Gasteiger partial charge in [-0.1, -0.05) is 19.8 Å². The predicted molar refractivity (Wildman–Crippen MR) is 81.9 cm³/mol. The molecule has 0 saturated carbocycles. The van der Waals surface area contributed by atoms with Crippen molar-refractivity contribution in [2.45, 2.75) is 44.4 Å². The molecule has 0 spiro atoms. The highest BCUT2D eigenvalue weighted by atomic mass is 32.2. The van der Waals surface area contributed by atoms with Crippen LogP contribution in [0.3, 0.4) is 0 Å². The van der Waals surface area contributed by atoms with E-state index in [9.17, 15) is 12.8 Å². The summed E-state index contributed by atoms with van der Waals surface area (Å²) in [5.41, 5.74) is 5.87. The molecule has 0 radical (unpaired) electrons. The highest BCUT2D eigenvalue weighted by molar-refractivity contribution is 7.89. The Bertz CT molecular complexity index is 608. The summed E-state index contributed by atoms with van der Waals surface area (Å²) in [4.78, 5) is -0.00561. The first kappa shape index (κ1) is 16.2. The number of piperidine rings is 1. The van der Waals surface area contributed by atoms with Crippen LogP contribution in [0.4, 0.5) is 10.1 Å². The van der Waals surface area contributed by atoms with E-state index in [1.54, 1.807) is 0 Å². The van der Waals surface area contributed by atoms with Crippen molar-refractivity contribution < 1.29 is 12.8 Å². The Morgan fingerprint density at radius 1 is 1.33 bits per heavy atom. The van der Waals surface area contributed by atoms with E-state index >= 15 is 0 Å². The summed E-state index contributed by atoms with van der Waals surface area (Å²) < 4.78 is 40.6. The van der Waals surface area contributed by atoms with Crippen molar-refractivity contribution in [2.24, 2.45) is 5.92 Å². The second-order valence-electron chi connectivity index (χ2n) is 5.76. The number of hydrogen-bond donors (Lipinski definition) is 1. The van der Waals surface area contributed by atoms with Crippen LogP contribution in [0.1, 0.15) is 38.2 Å². The molecule has 1 aromatic carbocycles. The number of halogens is 1. The molecule has 0 aromatic heterocycles. The lowest BCUT2D eigenvalue weighted by Crippen LogP contribution is -2.38. The van der Waals surface area contributed by atoms with Gasteiger partial charge in [-0.2, -0.15) is 4.31 Å². The summed E-state index contributed by atoms with van der Waals surface area (Å²) >= 11 is 0. The summed E-state index contributed by atoms with van der Waals surface area (Å²) in [6, 6.07) is 2.51. The number of benzene rings is 1. The molecular weight excluding hydrogens is 291 g/mol. The van der Waals surface area contributed by atoms with Crippen LogP contribution in [-0.4, -0.2) is 25.8 Å². The van der Waals surface area contributed by atoms with Gasteiger partial charge < -0.3 is 5.73 Å². The molecule has 0 bridgehead atoms. The van der Waals surface area contributed by atoms with Gasteiger partial charge in [0.05, 0.1) is 4.90 Å². The van der Waals surface area contributed by atoms with Crippen molar-refractivity contribution in [3.8, 4) is 0 Å². The molecular formula is C15H23FN2O2S. The van der Waals surface area contributed by atoms with Crippen molar-refractivity contribution in [1.29, 1.82) is 0 Å². The fraction of sp³-hybridized carbons (Fsp3) is 0.600. The summed E-state index contributed by atoms with van der Waals surface area (Å²) in [6.07, 6.45) is 4.00. The third kappa shape index (κ3) is 3.37. The van der Waals surface area contributed by atoms with Gasteiger partial charge in [0.2, 0.25) is 10.0 Å². The van der Waals surface area contributed by atoms with Gasteiger partial charge in [-0.3, -0.25) is 0 Å². The Kier molecular flexibility index (Phi) is 4.88. The SMILES string of the molecule is CCCC1CCN(S(=O)(=O)c2cc(N)cc(F)c2C)CC1. The minimum absolute atomic E-state index is 0.00561. The quantitative estimate of drug-likeness (QED) is 0.869. The van der Waals surface area contributed by atoms with E-state index in [0.29, 0.717) is 19.0 Å². The van der Waals surface area contributed by atoms with Crippen molar-refractivity contribution >= 4 is 15.7 Å². The number of nitrogens with zero attached hydrogens (tertiary/aromatic N) is 1. The molecule has 1 aliphatic heterocycles. The van der Waals surface area contributed by atoms with Gasteiger partial charge >= 0.3 is 0 Å². The van der Waals surface area contributed by atoms with Crippen LogP contribution in [0.25, 0.3) is 0 Å². The molecule has 0 amide bonds. The van der Waals surface area contributed by atoms with Gasteiger partial charge in [-0.15, -0.1) is 0 Å². The third-order valence-corrected chi connectivity index (χ3v) is 6.23. The summed E-state index contributed by atoms with van der Waals surface area (Å²) in [5, 5.41) is 0.